The van der Waals surface area contributed by atoms with Crippen molar-refractivity contribution in [2.24, 2.45) is 40.5 Å². The van der Waals surface area contributed by atoms with Crippen molar-refractivity contribution in [3.8, 4) is 0 Å². The van der Waals surface area contributed by atoms with Crippen LogP contribution < -0.4 is 15.9 Å². The number of ether oxygens (including phenoxy) is 2. The van der Waals surface area contributed by atoms with Crippen molar-refractivity contribution >= 4 is 53.8 Å². The molecule has 5 atom stereocenters. The predicted molar refractivity (Wildman–Crippen MR) is 239 cm³/mol. The lowest BCUT2D eigenvalue weighted by Gasteiger charge is -2.20. The van der Waals surface area contributed by atoms with Gasteiger partial charge in [0.05, 0.1) is 18.5 Å². The number of fused-ring (bicyclic) bond motifs is 6. The third-order valence-corrected chi connectivity index (χ3v) is 13.3. The van der Waals surface area contributed by atoms with Gasteiger partial charge in [-0.15, -0.1) is 0 Å². The number of methoxy groups -OCH3 is 1. The molecule has 316 valence electrons. The van der Waals surface area contributed by atoms with E-state index in [2.05, 4.69) is 83.0 Å². The van der Waals surface area contributed by atoms with Gasteiger partial charge in [-0.25, -0.2) is 0 Å². The SMILES string of the molecule is C=Cc1c2[nH]c(c1=C)=CC1=N/C(=C3\c4[nH]c(c(C)c4C(=O)[C@@H]3C(=O)OC)CC3=C(CC)C(C)/C(=C/2)N3)[C@@H](CCC(=O)OC/C=C(\C)CCC[C@H](C)CCCC(C)C)[C@@H]1C. The second kappa shape index (κ2) is 18.6. The molecule has 0 saturated heterocycles. The molecule has 0 aromatic carbocycles. The Morgan fingerprint density at radius 1 is 1.07 bits per heavy atom. The van der Waals surface area contributed by atoms with Crippen LogP contribution >= 0.6 is 0 Å². The highest BCUT2D eigenvalue weighted by molar-refractivity contribution is 6.25. The summed E-state index contributed by atoms with van der Waals surface area (Å²) in [4.78, 5) is 53.7. The molecule has 9 nitrogen and oxygen atoms in total. The number of hydrogen-bond donors (Lipinski definition) is 3. The molecular formula is C50H66N4O5. The standard InChI is InChI=1S/C50H66N4O5/c1-12-34-30(7)37-24-39-32(9)36(20-21-43(55)59-23-22-29(6)19-15-18-28(5)17-14-16-27(3)4)47(53-39)45-46(50(57)58-11)49(56)44-33(10)40(54-48(44)45)26-42-35(13-2)31(8)38(52-42)25-41(34)51-37/h12,22,24-25,27-28,31-32,36,46,51-52,54H,1,7,13-21,23,26H2,2-6,8-11H3/b29-22+,37-24?,38-25-,47-45-/t28-,31?,32+,36+,46-/m1/s1. The van der Waals surface area contributed by atoms with Crippen LogP contribution in [-0.4, -0.2) is 47.1 Å². The molecule has 2 aromatic rings. The van der Waals surface area contributed by atoms with Crippen LogP contribution in [0.3, 0.4) is 0 Å². The molecule has 4 aliphatic rings. The van der Waals surface area contributed by atoms with E-state index in [0.29, 0.717) is 35.4 Å². The second-order valence-electron chi connectivity index (χ2n) is 17.8. The number of aromatic nitrogens is 2. The van der Waals surface area contributed by atoms with Crippen LogP contribution in [0.15, 0.2) is 45.9 Å². The molecule has 0 radical (unpaired) electrons. The van der Waals surface area contributed by atoms with Crippen LogP contribution in [0.1, 0.15) is 145 Å². The van der Waals surface area contributed by atoms with Crippen molar-refractivity contribution in [1.29, 1.82) is 0 Å². The van der Waals surface area contributed by atoms with Crippen LogP contribution in [0, 0.1) is 42.4 Å². The van der Waals surface area contributed by atoms with E-state index >= 15 is 0 Å². The summed E-state index contributed by atoms with van der Waals surface area (Å²) in [6.07, 6.45) is 17.2. The zero-order valence-electron chi connectivity index (χ0n) is 37.0. The molecule has 0 spiro atoms. The number of H-pyrrole nitrogens is 2. The Balaban J connectivity index is 1.32. The van der Waals surface area contributed by atoms with Gasteiger partial charge in [0.25, 0.3) is 0 Å². The van der Waals surface area contributed by atoms with Crippen molar-refractivity contribution in [1.82, 2.24) is 15.3 Å². The van der Waals surface area contributed by atoms with Gasteiger partial charge in [-0.2, -0.15) is 0 Å². The minimum Gasteiger partial charge on any atom is -0.468 e. The maximum atomic E-state index is 14.4. The smallest absolute Gasteiger partial charge is 0.321 e. The van der Waals surface area contributed by atoms with Crippen LogP contribution in [0.25, 0.3) is 30.4 Å². The van der Waals surface area contributed by atoms with Gasteiger partial charge in [0.1, 0.15) is 12.5 Å². The van der Waals surface area contributed by atoms with Gasteiger partial charge >= 0.3 is 11.9 Å². The Hall–Kier alpha value is -4.92. The number of nitrogens with zero attached hydrogens (tertiary/aromatic N) is 1. The molecule has 8 bridgehead atoms. The van der Waals surface area contributed by atoms with E-state index in [1.165, 1.54) is 43.9 Å². The first-order valence-corrected chi connectivity index (χ1v) is 21.9. The number of rotatable bonds is 16. The third-order valence-electron chi connectivity index (χ3n) is 13.3. The van der Waals surface area contributed by atoms with Gasteiger partial charge in [-0.05, 0) is 80.7 Å². The number of esters is 2. The zero-order valence-corrected chi connectivity index (χ0v) is 37.0. The molecule has 59 heavy (non-hydrogen) atoms. The molecule has 0 saturated carbocycles. The molecule has 9 heteroatoms. The van der Waals surface area contributed by atoms with Crippen LogP contribution in [0.5, 0.6) is 0 Å². The Morgan fingerprint density at radius 3 is 2.51 bits per heavy atom. The number of hydrogen-bond acceptors (Lipinski definition) is 7. The minimum absolute atomic E-state index is 0.157. The van der Waals surface area contributed by atoms with E-state index in [1.807, 2.05) is 25.2 Å². The average molecular weight is 803 g/mol. The molecule has 0 amide bonds. The number of Topliss-reactive ketones (excluding diaryl/α,β-unsaturated/α-hetero) is 1. The molecule has 1 aliphatic carbocycles. The molecule has 5 heterocycles. The Kier molecular flexibility index (Phi) is 13.7. The maximum absolute atomic E-state index is 14.4. The predicted octanol–water partition coefficient (Wildman–Crippen LogP) is 9.29. The van der Waals surface area contributed by atoms with Gasteiger partial charge < -0.3 is 24.8 Å². The second-order valence-corrected chi connectivity index (χ2v) is 17.8. The number of ketones is 1. The Labute approximate surface area is 351 Å². The van der Waals surface area contributed by atoms with E-state index in [9.17, 15) is 14.4 Å². The van der Waals surface area contributed by atoms with Crippen LogP contribution in [0.2, 0.25) is 0 Å². The maximum Gasteiger partial charge on any atom is 0.321 e. The van der Waals surface area contributed by atoms with Gasteiger partial charge in [0, 0.05) is 86.4 Å². The number of aliphatic imine (C=N–C) groups is 1. The van der Waals surface area contributed by atoms with Gasteiger partial charge in [-0.3, -0.25) is 19.4 Å². The van der Waals surface area contributed by atoms with E-state index in [-0.39, 0.29) is 42.5 Å². The van der Waals surface area contributed by atoms with Gasteiger partial charge in [-0.1, -0.05) is 92.0 Å². The fourth-order valence-corrected chi connectivity index (χ4v) is 9.62. The molecule has 6 rings (SSSR count). The highest BCUT2D eigenvalue weighted by Crippen LogP contribution is 2.48. The molecule has 3 N–H and O–H groups in total. The van der Waals surface area contributed by atoms with Crippen molar-refractivity contribution in [3.63, 3.8) is 0 Å². The first-order chi connectivity index (χ1) is 28.2. The lowest BCUT2D eigenvalue weighted by molar-refractivity contribution is -0.143. The van der Waals surface area contributed by atoms with Gasteiger partial charge in [0.15, 0.2) is 5.78 Å². The summed E-state index contributed by atoms with van der Waals surface area (Å²) < 4.78 is 11.0. The lowest BCUT2D eigenvalue weighted by atomic mass is 9.83. The fraction of sp³-hybridized carbons (Fsp3) is 0.520. The summed E-state index contributed by atoms with van der Waals surface area (Å²) >= 11 is 0. The summed E-state index contributed by atoms with van der Waals surface area (Å²) in [5.41, 5.74) is 11.3. The van der Waals surface area contributed by atoms with E-state index < -0.39 is 11.9 Å². The molecular weight excluding hydrogens is 737 g/mol. The summed E-state index contributed by atoms with van der Waals surface area (Å²) in [5.74, 6) is -1.17. The highest BCUT2D eigenvalue weighted by Gasteiger charge is 2.48. The number of nitrogens with one attached hydrogen (secondary N) is 3. The average Bonchev–Trinajstić information content (AvgIpc) is 3.94. The number of carbonyl (C=O) groups is 3. The summed E-state index contributed by atoms with van der Waals surface area (Å²) in [6, 6.07) is 0. The van der Waals surface area contributed by atoms with E-state index in [1.54, 1.807) is 0 Å². The lowest BCUT2D eigenvalue weighted by Crippen LogP contribution is -2.26. The topological polar surface area (TPSA) is 126 Å². The summed E-state index contributed by atoms with van der Waals surface area (Å²) in [5, 5.41) is 5.33. The monoisotopic (exact) mass is 803 g/mol. The van der Waals surface area contributed by atoms with E-state index in [4.69, 9.17) is 14.5 Å². The normalized spacial score (nSPS) is 23.8. The molecule has 3 aliphatic heterocycles. The van der Waals surface area contributed by atoms with E-state index in [0.717, 1.165) is 81.3 Å². The molecule has 1 unspecified atom stereocenters. The third kappa shape index (κ3) is 9.00. The van der Waals surface area contributed by atoms with Crippen molar-refractivity contribution in [2.45, 2.75) is 120 Å². The summed E-state index contributed by atoms with van der Waals surface area (Å²) in [6.45, 7) is 26.2. The number of carbonyl (C=O) groups excluding carboxylic acids is 3. The van der Waals surface area contributed by atoms with Crippen molar-refractivity contribution < 1.29 is 23.9 Å². The van der Waals surface area contributed by atoms with Crippen LogP contribution in [0.4, 0.5) is 0 Å². The zero-order chi connectivity index (χ0) is 42.7. The Morgan fingerprint density at radius 2 is 1.81 bits per heavy atom. The Bertz CT molecular complexity index is 2270. The fourth-order valence-electron chi connectivity index (χ4n) is 9.62. The van der Waals surface area contributed by atoms with Crippen LogP contribution in [-0.2, 0) is 25.5 Å². The summed E-state index contributed by atoms with van der Waals surface area (Å²) in [7, 11) is 1.31. The highest BCUT2D eigenvalue weighted by atomic mass is 16.5. The van der Waals surface area contributed by atoms with Crippen molar-refractivity contribution in [2.75, 3.05) is 13.7 Å². The first kappa shape index (κ1) is 43.7. The quantitative estimate of drug-likeness (QED) is 0.0883. The molecule has 2 aromatic heterocycles. The van der Waals surface area contributed by atoms with Crippen molar-refractivity contribution in [3.05, 3.63) is 85.2 Å². The number of aromatic amines is 2. The largest absolute Gasteiger partial charge is 0.468 e. The number of allylic oxidation sites excluding steroid dienone is 4. The first-order valence-electron chi connectivity index (χ1n) is 21.9. The van der Waals surface area contributed by atoms with Gasteiger partial charge in [0.2, 0.25) is 0 Å². The molecule has 0 fully saturated rings. The minimum atomic E-state index is -1.17.